The highest BCUT2D eigenvalue weighted by Crippen LogP contribution is 2.30. The number of imidazole rings is 2. The van der Waals surface area contributed by atoms with Gasteiger partial charge in [0.25, 0.3) is 11.8 Å². The van der Waals surface area contributed by atoms with Gasteiger partial charge in [-0.15, -0.1) is 0 Å². The number of H-pyrrole nitrogens is 1. The van der Waals surface area contributed by atoms with Crippen LogP contribution in [0.3, 0.4) is 0 Å². The van der Waals surface area contributed by atoms with Crippen LogP contribution in [0.25, 0.3) is 11.0 Å². The molecule has 2 aromatic heterocycles. The Balaban J connectivity index is 1.15. The molecule has 0 radical (unpaired) electrons. The second-order valence-electron chi connectivity index (χ2n) is 7.90. The molecule has 0 saturated heterocycles. The molecule has 1 fully saturated rings. The smallest absolute Gasteiger partial charge is 0.289 e. The first kappa shape index (κ1) is 17.9. The summed E-state index contributed by atoms with van der Waals surface area (Å²) in [4.78, 5) is 39.1. The summed E-state index contributed by atoms with van der Waals surface area (Å²) >= 11 is 0. The maximum atomic E-state index is 12.6. The quantitative estimate of drug-likeness (QED) is 0.601. The van der Waals surface area contributed by atoms with Crippen molar-refractivity contribution in [3.8, 4) is 0 Å². The first-order chi connectivity index (χ1) is 14.2. The summed E-state index contributed by atoms with van der Waals surface area (Å²) in [6, 6.07) is 7.92. The second-order valence-corrected chi connectivity index (χ2v) is 7.90. The SMILES string of the molecule is O=C(NCCCc1nc2ccccc2[nH]1)c1cn2c(n1)C(=O)N(CC1CC1)CC2. The Kier molecular flexibility index (Phi) is 4.54. The molecule has 150 valence electrons. The fourth-order valence-corrected chi connectivity index (χ4v) is 3.80. The third-order valence-electron chi connectivity index (χ3n) is 5.59. The van der Waals surface area contributed by atoms with E-state index >= 15 is 0 Å². The van der Waals surface area contributed by atoms with Crippen molar-refractivity contribution in [2.45, 2.75) is 32.2 Å². The minimum atomic E-state index is -0.238. The van der Waals surface area contributed by atoms with Crippen LogP contribution in [0.5, 0.6) is 0 Å². The van der Waals surface area contributed by atoms with Crippen LogP contribution in [-0.2, 0) is 13.0 Å². The average Bonchev–Trinajstić information content (AvgIpc) is 3.27. The third-order valence-corrected chi connectivity index (χ3v) is 5.59. The van der Waals surface area contributed by atoms with E-state index in [1.165, 1.54) is 12.8 Å². The summed E-state index contributed by atoms with van der Waals surface area (Å²) in [6.07, 6.45) is 5.63. The highest BCUT2D eigenvalue weighted by Gasteiger charge is 2.32. The predicted octanol–water partition coefficient (Wildman–Crippen LogP) is 1.99. The first-order valence-electron chi connectivity index (χ1n) is 10.3. The molecule has 2 amide bonds. The van der Waals surface area contributed by atoms with Gasteiger partial charge in [-0.2, -0.15) is 0 Å². The summed E-state index contributed by atoms with van der Waals surface area (Å²) in [5.41, 5.74) is 2.29. The number of fused-ring (bicyclic) bond motifs is 2. The monoisotopic (exact) mass is 392 g/mol. The van der Waals surface area contributed by atoms with Gasteiger partial charge in [-0.25, -0.2) is 9.97 Å². The van der Waals surface area contributed by atoms with Crippen LogP contribution in [0.2, 0.25) is 0 Å². The molecular formula is C21H24N6O2. The second kappa shape index (κ2) is 7.35. The molecule has 2 N–H and O–H groups in total. The number of hydrogen-bond acceptors (Lipinski definition) is 4. The number of benzene rings is 1. The molecule has 0 atom stereocenters. The lowest BCUT2D eigenvalue weighted by molar-refractivity contribution is 0.0688. The van der Waals surface area contributed by atoms with Crippen molar-refractivity contribution < 1.29 is 9.59 Å². The molecule has 1 aliphatic carbocycles. The maximum absolute atomic E-state index is 12.6. The van der Waals surface area contributed by atoms with Crippen LogP contribution in [-0.4, -0.2) is 55.9 Å². The Hall–Kier alpha value is -3.16. The fourth-order valence-electron chi connectivity index (χ4n) is 3.80. The molecule has 5 rings (SSSR count). The lowest BCUT2D eigenvalue weighted by atomic mass is 10.3. The van der Waals surface area contributed by atoms with Crippen LogP contribution in [0.15, 0.2) is 30.5 Å². The summed E-state index contributed by atoms with van der Waals surface area (Å²) in [6.45, 7) is 2.73. The number of aromatic amines is 1. The number of aryl methyl sites for hydroxylation is 1. The molecule has 0 unspecified atom stereocenters. The summed E-state index contributed by atoms with van der Waals surface area (Å²) in [7, 11) is 0. The number of nitrogens with zero attached hydrogens (tertiary/aromatic N) is 4. The van der Waals surface area contributed by atoms with Crippen LogP contribution in [0.4, 0.5) is 0 Å². The van der Waals surface area contributed by atoms with E-state index in [-0.39, 0.29) is 11.8 Å². The number of para-hydroxylation sites is 2. The van der Waals surface area contributed by atoms with E-state index in [4.69, 9.17) is 0 Å². The van der Waals surface area contributed by atoms with Crippen LogP contribution >= 0.6 is 0 Å². The summed E-state index contributed by atoms with van der Waals surface area (Å²) < 4.78 is 1.80. The minimum Gasteiger partial charge on any atom is -0.351 e. The molecule has 1 saturated carbocycles. The van der Waals surface area contributed by atoms with Crippen molar-refractivity contribution in [1.82, 2.24) is 29.7 Å². The number of aromatic nitrogens is 4. The van der Waals surface area contributed by atoms with Crippen molar-refractivity contribution in [2.24, 2.45) is 5.92 Å². The van der Waals surface area contributed by atoms with Crippen molar-refractivity contribution >= 4 is 22.8 Å². The van der Waals surface area contributed by atoms with Gasteiger partial charge in [0.15, 0.2) is 5.82 Å². The van der Waals surface area contributed by atoms with Gasteiger partial charge >= 0.3 is 0 Å². The fraction of sp³-hybridized carbons (Fsp3) is 0.429. The summed E-state index contributed by atoms with van der Waals surface area (Å²) in [5.74, 6) is 1.64. The molecule has 2 aliphatic rings. The topological polar surface area (TPSA) is 95.9 Å². The van der Waals surface area contributed by atoms with Gasteiger partial charge in [0.05, 0.1) is 11.0 Å². The zero-order chi connectivity index (χ0) is 19.8. The van der Waals surface area contributed by atoms with E-state index in [2.05, 4.69) is 20.3 Å². The molecule has 0 spiro atoms. The number of carbonyl (C=O) groups excluding carboxylic acids is 2. The summed E-state index contributed by atoms with van der Waals surface area (Å²) in [5, 5.41) is 2.90. The molecule has 3 heterocycles. The number of amides is 2. The van der Waals surface area contributed by atoms with Crippen molar-refractivity contribution in [3.05, 3.63) is 47.8 Å². The highest BCUT2D eigenvalue weighted by molar-refractivity contribution is 5.96. The minimum absolute atomic E-state index is 0.0629. The Morgan fingerprint density at radius 3 is 2.90 bits per heavy atom. The number of rotatable bonds is 7. The van der Waals surface area contributed by atoms with Crippen LogP contribution in [0, 0.1) is 5.92 Å². The molecule has 8 heteroatoms. The van der Waals surface area contributed by atoms with E-state index in [1.807, 2.05) is 29.2 Å². The predicted molar refractivity (Wildman–Crippen MR) is 108 cm³/mol. The molecule has 29 heavy (non-hydrogen) atoms. The van der Waals surface area contributed by atoms with Gasteiger partial charge in [0.1, 0.15) is 11.5 Å². The van der Waals surface area contributed by atoms with Crippen molar-refractivity contribution in [1.29, 1.82) is 0 Å². The Morgan fingerprint density at radius 1 is 1.21 bits per heavy atom. The number of hydrogen-bond donors (Lipinski definition) is 2. The largest absolute Gasteiger partial charge is 0.351 e. The molecule has 8 nitrogen and oxygen atoms in total. The average molecular weight is 392 g/mol. The lowest BCUT2D eigenvalue weighted by Gasteiger charge is -2.27. The Bertz CT molecular complexity index is 1030. The molecule has 3 aromatic rings. The van der Waals surface area contributed by atoms with E-state index in [1.54, 1.807) is 10.8 Å². The van der Waals surface area contributed by atoms with E-state index < -0.39 is 0 Å². The number of nitrogens with one attached hydrogen (secondary N) is 2. The zero-order valence-corrected chi connectivity index (χ0v) is 16.2. The van der Waals surface area contributed by atoms with Gasteiger partial charge < -0.3 is 19.8 Å². The van der Waals surface area contributed by atoms with Crippen LogP contribution < -0.4 is 5.32 Å². The van der Waals surface area contributed by atoms with Gasteiger partial charge in [0.2, 0.25) is 0 Å². The molecule has 1 aliphatic heterocycles. The molecule has 1 aromatic carbocycles. The van der Waals surface area contributed by atoms with Gasteiger partial charge in [-0.05, 0) is 37.3 Å². The van der Waals surface area contributed by atoms with Gasteiger partial charge in [-0.3, -0.25) is 9.59 Å². The molecular weight excluding hydrogens is 368 g/mol. The van der Waals surface area contributed by atoms with Gasteiger partial charge in [0, 0.05) is 38.8 Å². The van der Waals surface area contributed by atoms with E-state index in [0.717, 1.165) is 36.2 Å². The van der Waals surface area contributed by atoms with Crippen LogP contribution in [0.1, 0.15) is 46.2 Å². The van der Waals surface area contributed by atoms with Crippen molar-refractivity contribution in [3.63, 3.8) is 0 Å². The maximum Gasteiger partial charge on any atom is 0.289 e. The lowest BCUT2D eigenvalue weighted by Crippen LogP contribution is -2.41. The van der Waals surface area contributed by atoms with E-state index in [9.17, 15) is 9.59 Å². The Morgan fingerprint density at radius 2 is 2.07 bits per heavy atom. The first-order valence-corrected chi connectivity index (χ1v) is 10.3. The number of carbonyl (C=O) groups is 2. The van der Waals surface area contributed by atoms with Gasteiger partial charge in [-0.1, -0.05) is 12.1 Å². The van der Waals surface area contributed by atoms with E-state index in [0.29, 0.717) is 37.1 Å². The van der Waals surface area contributed by atoms with Crippen molar-refractivity contribution in [2.75, 3.05) is 19.6 Å². The molecule has 0 bridgehead atoms. The zero-order valence-electron chi connectivity index (χ0n) is 16.2. The normalized spacial score (nSPS) is 16.3. The third kappa shape index (κ3) is 3.74. The Labute approximate surface area is 168 Å². The highest BCUT2D eigenvalue weighted by atomic mass is 16.2. The standard InChI is InChI=1S/C21H24N6O2/c28-20(22-9-3-6-18-23-15-4-1-2-5-16(15)24-18)17-13-26-10-11-27(12-14-7-8-14)21(29)19(26)25-17/h1-2,4-5,13-14H,3,6-12H2,(H,22,28)(H,23,24).